The molecular weight excluding hydrogens is 410 g/mol. The summed E-state index contributed by atoms with van der Waals surface area (Å²) in [5.74, 6) is 0.0861. The van der Waals surface area contributed by atoms with Gasteiger partial charge in [-0.2, -0.15) is 0 Å². The van der Waals surface area contributed by atoms with Crippen LogP contribution in [0.3, 0.4) is 0 Å². The SMILES string of the molecule is COc1ccc(CCNc2ccc(N3C(=O)[C@@H]4CC[C@@H](C)C[C@H]4C3=O)cc2[N+](=O)[O-])cc1. The van der Waals surface area contributed by atoms with Crippen LogP contribution in [0.1, 0.15) is 31.7 Å². The first-order valence-electron chi connectivity index (χ1n) is 10.9. The molecule has 168 valence electrons. The highest BCUT2D eigenvalue weighted by Gasteiger charge is 2.50. The molecule has 2 fully saturated rings. The number of nitro benzene ring substituents is 1. The van der Waals surface area contributed by atoms with Gasteiger partial charge < -0.3 is 10.1 Å². The van der Waals surface area contributed by atoms with Gasteiger partial charge in [0.05, 0.1) is 29.6 Å². The molecule has 8 heteroatoms. The number of carbonyl (C=O) groups excluding carboxylic acids is 2. The minimum atomic E-state index is -0.487. The molecule has 2 aromatic carbocycles. The van der Waals surface area contributed by atoms with Gasteiger partial charge in [-0.3, -0.25) is 19.7 Å². The maximum absolute atomic E-state index is 12.9. The highest BCUT2D eigenvalue weighted by atomic mass is 16.6. The maximum Gasteiger partial charge on any atom is 0.294 e. The molecule has 4 rings (SSSR count). The zero-order chi connectivity index (χ0) is 22.8. The fourth-order valence-corrected chi connectivity index (χ4v) is 4.74. The summed E-state index contributed by atoms with van der Waals surface area (Å²) < 4.78 is 5.15. The van der Waals surface area contributed by atoms with Gasteiger partial charge in [0.1, 0.15) is 11.4 Å². The van der Waals surface area contributed by atoms with Crippen LogP contribution in [-0.2, 0) is 16.0 Å². The Morgan fingerprint density at radius 2 is 1.81 bits per heavy atom. The van der Waals surface area contributed by atoms with Crippen LogP contribution in [0.2, 0.25) is 0 Å². The summed E-state index contributed by atoms with van der Waals surface area (Å²) in [5.41, 5.74) is 1.55. The third-order valence-corrected chi connectivity index (χ3v) is 6.51. The average Bonchev–Trinajstić information content (AvgIpc) is 3.03. The van der Waals surface area contributed by atoms with Crippen molar-refractivity contribution in [2.45, 2.75) is 32.6 Å². The predicted octanol–water partition coefficient (Wildman–Crippen LogP) is 4.18. The third kappa shape index (κ3) is 4.17. The predicted molar refractivity (Wildman–Crippen MR) is 121 cm³/mol. The van der Waals surface area contributed by atoms with Crippen LogP contribution >= 0.6 is 0 Å². The number of fused-ring (bicyclic) bond motifs is 1. The molecule has 3 atom stereocenters. The Morgan fingerprint density at radius 1 is 1.09 bits per heavy atom. The fourth-order valence-electron chi connectivity index (χ4n) is 4.74. The lowest BCUT2D eigenvalue weighted by molar-refractivity contribution is -0.383. The van der Waals surface area contributed by atoms with E-state index in [1.165, 1.54) is 6.07 Å². The highest BCUT2D eigenvalue weighted by molar-refractivity contribution is 6.22. The average molecular weight is 437 g/mol. The molecule has 1 N–H and O–H groups in total. The first-order chi connectivity index (χ1) is 15.4. The fraction of sp³-hybridized carbons (Fsp3) is 0.417. The third-order valence-electron chi connectivity index (χ3n) is 6.51. The molecule has 2 aromatic rings. The molecule has 1 aliphatic carbocycles. The number of benzene rings is 2. The van der Waals surface area contributed by atoms with E-state index >= 15 is 0 Å². The van der Waals surface area contributed by atoms with Crippen LogP contribution in [0.4, 0.5) is 17.1 Å². The molecule has 1 saturated heterocycles. The number of hydrogen-bond acceptors (Lipinski definition) is 6. The van der Waals surface area contributed by atoms with Crippen molar-refractivity contribution in [3.8, 4) is 5.75 Å². The first-order valence-corrected chi connectivity index (χ1v) is 10.9. The number of amides is 2. The lowest BCUT2D eigenvalue weighted by Crippen LogP contribution is -2.31. The smallest absolute Gasteiger partial charge is 0.294 e. The molecule has 1 saturated carbocycles. The number of methoxy groups -OCH3 is 1. The van der Waals surface area contributed by atoms with Crippen molar-refractivity contribution in [1.29, 1.82) is 0 Å². The van der Waals surface area contributed by atoms with Crippen LogP contribution < -0.4 is 15.0 Å². The van der Waals surface area contributed by atoms with E-state index in [2.05, 4.69) is 12.2 Å². The van der Waals surface area contributed by atoms with Crippen LogP contribution in [0.5, 0.6) is 5.75 Å². The van der Waals surface area contributed by atoms with E-state index in [-0.39, 0.29) is 35.0 Å². The van der Waals surface area contributed by atoms with Gasteiger partial charge in [-0.05, 0) is 61.4 Å². The topological polar surface area (TPSA) is 102 Å². The number of nitrogens with zero attached hydrogens (tertiary/aromatic N) is 2. The summed E-state index contributed by atoms with van der Waals surface area (Å²) in [6.07, 6.45) is 2.98. The molecule has 0 radical (unpaired) electrons. The molecule has 32 heavy (non-hydrogen) atoms. The van der Waals surface area contributed by atoms with Crippen LogP contribution in [0, 0.1) is 27.9 Å². The van der Waals surface area contributed by atoms with E-state index < -0.39 is 4.92 Å². The molecule has 1 heterocycles. The minimum absolute atomic E-state index is 0.152. The normalized spacial score (nSPS) is 22.6. The summed E-state index contributed by atoms with van der Waals surface area (Å²) in [6, 6.07) is 12.1. The Morgan fingerprint density at radius 3 is 2.50 bits per heavy atom. The Bertz CT molecular complexity index is 1040. The Labute approximate surface area is 186 Å². The molecule has 8 nitrogen and oxygen atoms in total. The molecule has 0 unspecified atom stereocenters. The summed E-state index contributed by atoms with van der Waals surface area (Å²) in [7, 11) is 1.61. The zero-order valence-corrected chi connectivity index (χ0v) is 18.2. The lowest BCUT2D eigenvalue weighted by atomic mass is 9.76. The number of hydrogen-bond donors (Lipinski definition) is 1. The Kier molecular flexibility index (Phi) is 6.12. The van der Waals surface area contributed by atoms with Crippen molar-refractivity contribution in [1.82, 2.24) is 0 Å². The summed E-state index contributed by atoms with van der Waals surface area (Å²) in [5, 5.41) is 14.8. The van der Waals surface area contributed by atoms with Gasteiger partial charge in [-0.25, -0.2) is 4.90 Å². The van der Waals surface area contributed by atoms with E-state index in [0.29, 0.717) is 37.4 Å². The maximum atomic E-state index is 12.9. The van der Waals surface area contributed by atoms with E-state index in [0.717, 1.165) is 22.6 Å². The van der Waals surface area contributed by atoms with Crippen LogP contribution in [-0.4, -0.2) is 30.4 Å². The molecular formula is C24H27N3O5. The number of nitrogens with one attached hydrogen (secondary N) is 1. The Hall–Kier alpha value is -3.42. The van der Waals surface area contributed by atoms with Gasteiger partial charge in [0.2, 0.25) is 11.8 Å². The highest BCUT2D eigenvalue weighted by Crippen LogP contribution is 2.43. The van der Waals surface area contributed by atoms with Crippen LogP contribution in [0.15, 0.2) is 42.5 Å². The number of rotatable bonds is 7. The molecule has 2 amide bonds. The number of anilines is 2. The van der Waals surface area contributed by atoms with Crippen molar-refractivity contribution in [3.05, 3.63) is 58.1 Å². The van der Waals surface area contributed by atoms with Crippen molar-refractivity contribution < 1.29 is 19.2 Å². The van der Waals surface area contributed by atoms with E-state index in [4.69, 9.17) is 4.74 Å². The van der Waals surface area contributed by atoms with Gasteiger partial charge in [-0.1, -0.05) is 19.1 Å². The van der Waals surface area contributed by atoms with Crippen molar-refractivity contribution >= 4 is 28.9 Å². The quantitative estimate of drug-likeness (QED) is 0.396. The van der Waals surface area contributed by atoms with Gasteiger partial charge in [0.15, 0.2) is 0 Å². The molecule has 2 aliphatic rings. The number of carbonyl (C=O) groups is 2. The van der Waals surface area contributed by atoms with E-state index in [1.807, 2.05) is 24.3 Å². The zero-order valence-electron chi connectivity index (χ0n) is 18.2. The second-order valence-electron chi connectivity index (χ2n) is 8.63. The second kappa shape index (κ2) is 8.98. The van der Waals surface area contributed by atoms with Gasteiger partial charge in [-0.15, -0.1) is 0 Å². The Balaban J connectivity index is 1.49. The standard InChI is InChI=1S/C24H27N3O5/c1-15-3-9-19-20(13-15)24(29)26(23(19)28)17-6-10-21(22(14-17)27(30)31)25-12-11-16-4-7-18(32-2)8-5-16/h4-8,10,14-15,19-20,25H,3,9,11-13H2,1-2H3/t15-,19-,20-/m1/s1. The summed E-state index contributed by atoms with van der Waals surface area (Å²) in [6.45, 7) is 2.59. The van der Waals surface area contributed by atoms with E-state index in [1.54, 1.807) is 19.2 Å². The van der Waals surface area contributed by atoms with E-state index in [9.17, 15) is 19.7 Å². The monoisotopic (exact) mass is 437 g/mol. The first kappa shape index (κ1) is 21.8. The van der Waals surface area contributed by atoms with Crippen molar-refractivity contribution in [2.75, 3.05) is 23.9 Å². The second-order valence-corrected chi connectivity index (χ2v) is 8.63. The van der Waals surface area contributed by atoms with Gasteiger partial charge in [0.25, 0.3) is 5.69 Å². The minimum Gasteiger partial charge on any atom is -0.497 e. The molecule has 0 spiro atoms. The number of nitro groups is 1. The lowest BCUT2D eigenvalue weighted by Gasteiger charge is -2.25. The van der Waals surface area contributed by atoms with Gasteiger partial charge >= 0.3 is 0 Å². The van der Waals surface area contributed by atoms with Crippen molar-refractivity contribution in [2.24, 2.45) is 17.8 Å². The van der Waals surface area contributed by atoms with Crippen LogP contribution in [0.25, 0.3) is 0 Å². The molecule has 0 aromatic heterocycles. The summed E-state index contributed by atoms with van der Waals surface area (Å²) >= 11 is 0. The number of ether oxygens (including phenoxy) is 1. The summed E-state index contributed by atoms with van der Waals surface area (Å²) in [4.78, 5) is 38.2. The van der Waals surface area contributed by atoms with Gasteiger partial charge in [0, 0.05) is 12.6 Å². The largest absolute Gasteiger partial charge is 0.497 e. The molecule has 1 aliphatic heterocycles. The van der Waals surface area contributed by atoms with Crippen molar-refractivity contribution in [3.63, 3.8) is 0 Å². The number of imide groups is 1. The molecule has 0 bridgehead atoms.